The molecule has 0 saturated carbocycles. The Bertz CT molecular complexity index is 621. The molecule has 1 saturated heterocycles. The number of carbonyl (C=O) groups excluding carboxylic acids is 1. The van der Waals surface area contributed by atoms with Crippen LogP contribution >= 0.6 is 0 Å². The van der Waals surface area contributed by atoms with Crippen molar-refractivity contribution < 1.29 is 9.53 Å². The summed E-state index contributed by atoms with van der Waals surface area (Å²) in [5, 5.41) is 10.7. The van der Waals surface area contributed by atoms with Crippen LogP contribution in [0.3, 0.4) is 0 Å². The van der Waals surface area contributed by atoms with Gasteiger partial charge < -0.3 is 20.3 Å². The number of hydrogen-bond donors (Lipinski definition) is 2. The number of likely N-dealkylation sites (tertiary alicyclic amines) is 1. The van der Waals surface area contributed by atoms with Crippen LogP contribution in [0.25, 0.3) is 0 Å². The Hall–Kier alpha value is -2.32. The van der Waals surface area contributed by atoms with E-state index in [1.54, 1.807) is 9.58 Å². The van der Waals surface area contributed by atoms with E-state index in [9.17, 15) is 4.79 Å². The van der Waals surface area contributed by atoms with E-state index in [4.69, 9.17) is 4.74 Å². The third-order valence-electron chi connectivity index (χ3n) is 3.94. The first-order chi connectivity index (χ1) is 12.3. The lowest BCUT2D eigenvalue weighted by molar-refractivity contribution is 0.0193. The lowest BCUT2D eigenvalue weighted by Gasteiger charge is -2.35. The maximum Gasteiger partial charge on any atom is 0.410 e. The van der Waals surface area contributed by atoms with Crippen LogP contribution in [-0.4, -0.2) is 63.0 Å². The summed E-state index contributed by atoms with van der Waals surface area (Å²) in [4.78, 5) is 22.8. The Morgan fingerprint density at radius 3 is 2.85 bits per heavy atom. The summed E-state index contributed by atoms with van der Waals surface area (Å²) in [5.41, 5.74) is -0.482. The van der Waals surface area contributed by atoms with Gasteiger partial charge in [-0.2, -0.15) is 5.10 Å². The number of piperidine rings is 1. The summed E-state index contributed by atoms with van der Waals surface area (Å²) in [6, 6.07) is 0.133. The van der Waals surface area contributed by atoms with Gasteiger partial charge in [-0.25, -0.2) is 14.8 Å². The fraction of sp³-hybridized carbons (Fsp3) is 0.765. The smallest absolute Gasteiger partial charge is 0.410 e. The third-order valence-corrected chi connectivity index (χ3v) is 3.94. The van der Waals surface area contributed by atoms with Gasteiger partial charge in [-0.05, 0) is 40.5 Å². The second-order valence-electron chi connectivity index (χ2n) is 7.40. The Kier molecular flexibility index (Phi) is 6.82. The minimum absolute atomic E-state index is 0.133. The van der Waals surface area contributed by atoms with E-state index < -0.39 is 5.60 Å². The third kappa shape index (κ3) is 6.20. The van der Waals surface area contributed by atoms with E-state index in [0.29, 0.717) is 19.0 Å². The molecule has 2 rings (SSSR count). The molecule has 9 nitrogen and oxygen atoms in total. The van der Waals surface area contributed by atoms with Crippen molar-refractivity contribution >= 4 is 12.1 Å². The number of hydrogen-bond acceptors (Lipinski definition) is 5. The van der Waals surface area contributed by atoms with Gasteiger partial charge in [-0.15, -0.1) is 0 Å². The lowest BCUT2D eigenvalue weighted by Crippen LogP contribution is -2.53. The Morgan fingerprint density at radius 2 is 2.23 bits per heavy atom. The number of rotatable bonds is 4. The summed E-state index contributed by atoms with van der Waals surface area (Å²) < 4.78 is 7.19. The molecule has 1 atom stereocenters. The van der Waals surface area contributed by atoms with Gasteiger partial charge in [0, 0.05) is 32.7 Å². The van der Waals surface area contributed by atoms with E-state index in [0.717, 1.165) is 31.8 Å². The Balaban J connectivity index is 1.95. The van der Waals surface area contributed by atoms with Gasteiger partial charge in [0.25, 0.3) is 0 Å². The summed E-state index contributed by atoms with van der Waals surface area (Å²) in [5.74, 6) is 1.51. The van der Waals surface area contributed by atoms with Crippen LogP contribution in [-0.2, 0) is 18.3 Å². The summed E-state index contributed by atoms with van der Waals surface area (Å²) in [6.45, 7) is 10.2. The quantitative estimate of drug-likeness (QED) is 0.616. The average molecular weight is 365 g/mol. The van der Waals surface area contributed by atoms with Crippen molar-refractivity contribution in [3.8, 4) is 0 Å². The molecule has 1 aliphatic rings. The van der Waals surface area contributed by atoms with Gasteiger partial charge in [0.2, 0.25) is 0 Å². The minimum Gasteiger partial charge on any atom is -0.444 e. The van der Waals surface area contributed by atoms with E-state index in [1.807, 2.05) is 34.7 Å². The molecule has 0 spiro atoms. The summed E-state index contributed by atoms with van der Waals surface area (Å²) in [6.07, 6.45) is 3.17. The van der Waals surface area contributed by atoms with Crippen LogP contribution in [0.2, 0.25) is 0 Å². The maximum atomic E-state index is 12.3. The molecule has 1 unspecified atom stereocenters. The second-order valence-corrected chi connectivity index (χ2v) is 7.40. The Morgan fingerprint density at radius 1 is 1.46 bits per heavy atom. The molecule has 0 radical (unpaired) electrons. The molecule has 26 heavy (non-hydrogen) atoms. The highest BCUT2D eigenvalue weighted by Crippen LogP contribution is 2.15. The molecule has 1 amide bonds. The van der Waals surface area contributed by atoms with Crippen LogP contribution in [0.15, 0.2) is 11.3 Å². The standard InChI is InChI=1S/C17H31N7O2/c1-6-18-15(19-10-14-20-12-21-23(14)5)22-13-8-7-9-24(11-13)16(25)26-17(2,3)4/h12-13H,6-11H2,1-5H3,(H2,18,19,22). The first kappa shape index (κ1) is 20.0. The SMILES string of the molecule is CCNC(=NCc1ncnn1C)NC1CCCN(C(=O)OC(C)(C)C)C1. The monoisotopic (exact) mass is 365 g/mol. The molecule has 0 aromatic carbocycles. The van der Waals surface area contributed by atoms with E-state index in [1.165, 1.54) is 6.33 Å². The van der Waals surface area contributed by atoms with Crippen molar-refractivity contribution in [3.05, 3.63) is 12.2 Å². The predicted octanol–water partition coefficient (Wildman–Crippen LogP) is 1.27. The molecule has 2 N–H and O–H groups in total. The Labute approximate surface area is 155 Å². The van der Waals surface area contributed by atoms with Crippen LogP contribution in [0, 0.1) is 0 Å². The molecular weight excluding hydrogens is 334 g/mol. The zero-order valence-electron chi connectivity index (χ0n) is 16.4. The van der Waals surface area contributed by atoms with Crippen LogP contribution < -0.4 is 10.6 Å². The maximum absolute atomic E-state index is 12.3. The number of nitrogens with zero attached hydrogens (tertiary/aromatic N) is 5. The van der Waals surface area contributed by atoms with Crippen molar-refractivity contribution in [1.29, 1.82) is 0 Å². The first-order valence-electron chi connectivity index (χ1n) is 9.14. The lowest BCUT2D eigenvalue weighted by atomic mass is 10.1. The molecule has 1 fully saturated rings. The predicted molar refractivity (Wildman–Crippen MR) is 99.8 cm³/mol. The van der Waals surface area contributed by atoms with Gasteiger partial charge in [0.1, 0.15) is 24.3 Å². The molecule has 9 heteroatoms. The number of carbonyl (C=O) groups is 1. The summed E-state index contributed by atoms with van der Waals surface area (Å²) >= 11 is 0. The zero-order valence-corrected chi connectivity index (χ0v) is 16.4. The molecule has 0 bridgehead atoms. The number of nitrogens with one attached hydrogen (secondary N) is 2. The van der Waals surface area contributed by atoms with Gasteiger partial charge in [0.15, 0.2) is 5.96 Å². The van der Waals surface area contributed by atoms with Crippen molar-refractivity contribution in [2.24, 2.45) is 12.0 Å². The van der Waals surface area contributed by atoms with Crippen LogP contribution in [0.4, 0.5) is 4.79 Å². The van der Waals surface area contributed by atoms with Gasteiger partial charge in [-0.3, -0.25) is 4.68 Å². The van der Waals surface area contributed by atoms with Gasteiger partial charge >= 0.3 is 6.09 Å². The van der Waals surface area contributed by atoms with Crippen molar-refractivity contribution in [1.82, 2.24) is 30.3 Å². The van der Waals surface area contributed by atoms with Crippen LogP contribution in [0.1, 0.15) is 46.4 Å². The average Bonchev–Trinajstić information content (AvgIpc) is 2.97. The normalized spacial score (nSPS) is 18.6. The van der Waals surface area contributed by atoms with E-state index in [-0.39, 0.29) is 12.1 Å². The highest BCUT2D eigenvalue weighted by atomic mass is 16.6. The molecule has 146 valence electrons. The number of guanidine groups is 1. The fourth-order valence-corrected chi connectivity index (χ4v) is 2.71. The number of aryl methyl sites for hydroxylation is 1. The number of aliphatic imine (C=N–C) groups is 1. The first-order valence-corrected chi connectivity index (χ1v) is 9.14. The molecule has 1 aromatic rings. The zero-order chi connectivity index (χ0) is 19.2. The van der Waals surface area contributed by atoms with E-state index in [2.05, 4.69) is 25.7 Å². The van der Waals surface area contributed by atoms with Gasteiger partial charge in [0.05, 0.1) is 0 Å². The topological polar surface area (TPSA) is 96.7 Å². The number of aromatic nitrogens is 3. The minimum atomic E-state index is -0.482. The highest BCUT2D eigenvalue weighted by molar-refractivity contribution is 5.80. The van der Waals surface area contributed by atoms with E-state index >= 15 is 0 Å². The molecular formula is C17H31N7O2. The van der Waals surface area contributed by atoms with Crippen LogP contribution in [0.5, 0.6) is 0 Å². The number of ether oxygens (including phenoxy) is 1. The molecule has 1 aromatic heterocycles. The summed E-state index contributed by atoms with van der Waals surface area (Å²) in [7, 11) is 1.85. The fourth-order valence-electron chi connectivity index (χ4n) is 2.71. The molecule has 1 aliphatic heterocycles. The van der Waals surface area contributed by atoms with Crippen molar-refractivity contribution in [2.75, 3.05) is 19.6 Å². The largest absolute Gasteiger partial charge is 0.444 e. The second kappa shape index (κ2) is 8.86. The highest BCUT2D eigenvalue weighted by Gasteiger charge is 2.28. The van der Waals surface area contributed by atoms with Crippen molar-refractivity contribution in [3.63, 3.8) is 0 Å². The molecule has 0 aliphatic carbocycles. The van der Waals surface area contributed by atoms with Crippen molar-refractivity contribution in [2.45, 2.75) is 58.7 Å². The van der Waals surface area contributed by atoms with Gasteiger partial charge in [-0.1, -0.05) is 0 Å². The molecule has 2 heterocycles. The number of amides is 1.